The first-order valence-electron chi connectivity index (χ1n) is 12.4. The van der Waals surface area contributed by atoms with Crippen LogP contribution in [0.4, 0.5) is 17.1 Å². The maximum atomic E-state index is 13.8. The number of carbonyl (C=O) groups excluding carboxylic acids is 1. The van der Waals surface area contributed by atoms with E-state index in [-0.39, 0.29) is 5.97 Å². The number of anilines is 3. The van der Waals surface area contributed by atoms with Gasteiger partial charge in [0.25, 0.3) is 0 Å². The maximum Gasteiger partial charge on any atom is 0.342 e. The monoisotopic (exact) mass is 476 g/mol. The van der Waals surface area contributed by atoms with Gasteiger partial charge in [0.1, 0.15) is 11.5 Å². The molecule has 6 rings (SSSR count). The molecule has 1 spiro atoms. The first-order valence-corrected chi connectivity index (χ1v) is 12.4. The quantitative estimate of drug-likeness (QED) is 0.310. The number of hydrogen-bond acceptors (Lipinski definition) is 5. The summed E-state index contributed by atoms with van der Waals surface area (Å²) in [5, 5.41) is 3.56. The number of nitrogens with zero attached hydrogens (tertiary/aromatic N) is 1. The van der Waals surface area contributed by atoms with E-state index in [1.54, 1.807) is 0 Å². The van der Waals surface area contributed by atoms with Crippen LogP contribution in [0, 0.1) is 6.92 Å². The third kappa shape index (κ3) is 3.12. The smallest absolute Gasteiger partial charge is 0.342 e. The average Bonchev–Trinajstić information content (AvgIpc) is 3.20. The molecule has 5 nitrogen and oxygen atoms in total. The molecule has 0 unspecified atom stereocenters. The van der Waals surface area contributed by atoms with Crippen molar-refractivity contribution in [2.75, 3.05) is 23.3 Å². The van der Waals surface area contributed by atoms with Gasteiger partial charge in [-0.15, -0.1) is 0 Å². The number of para-hydroxylation sites is 3. The second-order valence-corrected chi connectivity index (χ2v) is 9.15. The molecule has 2 aliphatic heterocycles. The van der Waals surface area contributed by atoms with Gasteiger partial charge in [-0.1, -0.05) is 54.6 Å². The van der Waals surface area contributed by atoms with Gasteiger partial charge < -0.3 is 19.7 Å². The van der Waals surface area contributed by atoms with E-state index in [0.29, 0.717) is 17.1 Å². The van der Waals surface area contributed by atoms with Crippen LogP contribution in [0.1, 0.15) is 46.5 Å². The molecule has 4 aromatic carbocycles. The molecular formula is C31H28N2O3. The number of ether oxygens (including phenoxy) is 2. The molecular weight excluding hydrogens is 448 g/mol. The largest absolute Gasteiger partial charge is 0.456 e. The summed E-state index contributed by atoms with van der Waals surface area (Å²) in [6, 6.07) is 27.8. The van der Waals surface area contributed by atoms with Gasteiger partial charge in [-0.2, -0.15) is 0 Å². The molecule has 0 aromatic heterocycles. The predicted octanol–water partition coefficient (Wildman–Crippen LogP) is 7.15. The van der Waals surface area contributed by atoms with Crippen molar-refractivity contribution in [2.24, 2.45) is 0 Å². The zero-order valence-electron chi connectivity index (χ0n) is 20.7. The Morgan fingerprint density at radius 3 is 2.00 bits per heavy atom. The van der Waals surface area contributed by atoms with Gasteiger partial charge in [0, 0.05) is 41.2 Å². The highest BCUT2D eigenvalue weighted by Crippen LogP contribution is 2.58. The normalized spacial score (nSPS) is 14.4. The van der Waals surface area contributed by atoms with Crippen molar-refractivity contribution in [3.05, 3.63) is 113 Å². The third-order valence-electron chi connectivity index (χ3n) is 7.29. The molecule has 0 fully saturated rings. The lowest BCUT2D eigenvalue weighted by Crippen LogP contribution is -2.33. The molecule has 2 heterocycles. The van der Waals surface area contributed by atoms with Gasteiger partial charge in [-0.05, 0) is 56.7 Å². The molecule has 0 saturated carbocycles. The number of rotatable bonds is 5. The van der Waals surface area contributed by atoms with E-state index in [1.165, 1.54) is 0 Å². The van der Waals surface area contributed by atoms with E-state index < -0.39 is 5.60 Å². The minimum Gasteiger partial charge on any atom is -0.456 e. The number of fused-ring (bicyclic) bond motifs is 6. The molecule has 0 aliphatic carbocycles. The zero-order chi connectivity index (χ0) is 24.9. The number of nitrogens with one attached hydrogen (secondary N) is 1. The molecule has 1 N–H and O–H groups in total. The van der Waals surface area contributed by atoms with Crippen LogP contribution in [0.2, 0.25) is 0 Å². The molecule has 0 atom stereocenters. The summed E-state index contributed by atoms with van der Waals surface area (Å²) >= 11 is 0. The number of hydrogen-bond donors (Lipinski definition) is 1. The number of benzene rings is 4. The Hall–Kier alpha value is -4.25. The van der Waals surface area contributed by atoms with Crippen LogP contribution in [0.3, 0.4) is 0 Å². The molecule has 5 heteroatoms. The Labute approximate surface area is 211 Å². The molecule has 2 aliphatic rings. The van der Waals surface area contributed by atoms with E-state index in [1.807, 2.05) is 78.9 Å². The minimum absolute atomic E-state index is 0.343. The standard InChI is InChI=1S/C31H28N2O3/c1-4-33(5-2)25-19-24-28(29(20(25)3)32-21-13-7-6-8-14-21)30(34)36-31(24)22-15-9-11-17-26(22)35-27-18-12-10-16-23(27)31/h6-19,32H,4-5H2,1-3H3. The Kier molecular flexibility index (Phi) is 5.22. The van der Waals surface area contributed by atoms with Crippen LogP contribution in [-0.2, 0) is 10.3 Å². The summed E-state index contributed by atoms with van der Waals surface area (Å²) in [5.41, 5.74) is 5.76. The zero-order valence-corrected chi connectivity index (χ0v) is 20.7. The second-order valence-electron chi connectivity index (χ2n) is 9.15. The molecule has 0 saturated heterocycles. The van der Waals surface area contributed by atoms with E-state index in [2.05, 4.69) is 37.1 Å². The lowest BCUT2D eigenvalue weighted by Gasteiger charge is -2.37. The van der Waals surface area contributed by atoms with E-state index in [4.69, 9.17) is 9.47 Å². The van der Waals surface area contributed by atoms with Crippen LogP contribution in [0.15, 0.2) is 84.9 Å². The Morgan fingerprint density at radius 2 is 1.39 bits per heavy atom. The highest BCUT2D eigenvalue weighted by atomic mass is 16.6. The topological polar surface area (TPSA) is 50.8 Å². The minimum atomic E-state index is -1.10. The fourth-order valence-electron chi connectivity index (χ4n) is 5.57. The maximum absolute atomic E-state index is 13.8. The summed E-state index contributed by atoms with van der Waals surface area (Å²) in [7, 11) is 0. The number of carbonyl (C=O) groups is 1. The predicted molar refractivity (Wildman–Crippen MR) is 143 cm³/mol. The first-order chi connectivity index (χ1) is 17.6. The van der Waals surface area contributed by atoms with Gasteiger partial charge in [0.2, 0.25) is 0 Å². The van der Waals surface area contributed by atoms with Crippen LogP contribution >= 0.6 is 0 Å². The highest BCUT2D eigenvalue weighted by molar-refractivity contribution is 6.05. The Bertz CT molecular complexity index is 1430. The van der Waals surface area contributed by atoms with Crippen LogP contribution in [0.25, 0.3) is 0 Å². The summed E-state index contributed by atoms with van der Waals surface area (Å²) in [5.74, 6) is 1.04. The SMILES string of the molecule is CCN(CC)c1cc2c(c(Nc3ccccc3)c1C)C(=O)OC21c2ccccc2Oc2ccccc21. The summed E-state index contributed by atoms with van der Waals surface area (Å²) in [6.45, 7) is 8.06. The molecule has 36 heavy (non-hydrogen) atoms. The summed E-state index contributed by atoms with van der Waals surface area (Å²) < 4.78 is 12.7. The van der Waals surface area contributed by atoms with Crippen molar-refractivity contribution in [1.82, 2.24) is 0 Å². The van der Waals surface area contributed by atoms with Gasteiger partial charge in [-0.3, -0.25) is 0 Å². The van der Waals surface area contributed by atoms with E-state index in [0.717, 1.165) is 52.4 Å². The van der Waals surface area contributed by atoms with Crippen LogP contribution in [-0.4, -0.2) is 19.1 Å². The molecule has 180 valence electrons. The van der Waals surface area contributed by atoms with Crippen LogP contribution < -0.4 is 15.0 Å². The van der Waals surface area contributed by atoms with Crippen molar-refractivity contribution in [3.63, 3.8) is 0 Å². The van der Waals surface area contributed by atoms with Gasteiger partial charge >= 0.3 is 5.97 Å². The lowest BCUT2D eigenvalue weighted by atomic mass is 9.77. The van der Waals surface area contributed by atoms with Gasteiger partial charge in [0.15, 0.2) is 5.60 Å². The van der Waals surface area contributed by atoms with Gasteiger partial charge in [0.05, 0.1) is 11.3 Å². The highest BCUT2D eigenvalue weighted by Gasteiger charge is 2.54. The molecule has 0 amide bonds. The average molecular weight is 477 g/mol. The van der Waals surface area contributed by atoms with Crippen LogP contribution in [0.5, 0.6) is 11.5 Å². The lowest BCUT2D eigenvalue weighted by molar-refractivity contribution is 0.0225. The van der Waals surface area contributed by atoms with Crippen molar-refractivity contribution < 1.29 is 14.3 Å². The van der Waals surface area contributed by atoms with Crippen molar-refractivity contribution in [3.8, 4) is 11.5 Å². The molecule has 0 bridgehead atoms. The van der Waals surface area contributed by atoms with Gasteiger partial charge in [-0.25, -0.2) is 4.79 Å². The fraction of sp³-hybridized carbons (Fsp3) is 0.194. The summed E-state index contributed by atoms with van der Waals surface area (Å²) in [4.78, 5) is 16.1. The number of esters is 1. The molecule has 4 aromatic rings. The van der Waals surface area contributed by atoms with E-state index >= 15 is 0 Å². The van der Waals surface area contributed by atoms with Crippen molar-refractivity contribution in [2.45, 2.75) is 26.4 Å². The third-order valence-corrected chi connectivity index (χ3v) is 7.29. The summed E-state index contributed by atoms with van der Waals surface area (Å²) in [6.07, 6.45) is 0. The second kappa shape index (κ2) is 8.45. The first kappa shape index (κ1) is 22.2. The van der Waals surface area contributed by atoms with Crippen molar-refractivity contribution >= 4 is 23.0 Å². The molecule has 0 radical (unpaired) electrons. The Morgan fingerprint density at radius 1 is 0.806 bits per heavy atom. The van der Waals surface area contributed by atoms with E-state index in [9.17, 15) is 4.79 Å². The van der Waals surface area contributed by atoms with Crippen molar-refractivity contribution in [1.29, 1.82) is 0 Å². The Balaban J connectivity index is 1.70. The fourth-order valence-corrected chi connectivity index (χ4v) is 5.57.